The van der Waals surface area contributed by atoms with Crippen LogP contribution in [0.25, 0.3) is 5.70 Å². The van der Waals surface area contributed by atoms with Gasteiger partial charge >= 0.3 is 0 Å². The van der Waals surface area contributed by atoms with Crippen molar-refractivity contribution in [2.45, 2.75) is 6.04 Å². The van der Waals surface area contributed by atoms with Gasteiger partial charge in [-0.2, -0.15) is 4.68 Å². The number of halogens is 1. The van der Waals surface area contributed by atoms with Gasteiger partial charge < -0.3 is 14.8 Å². The predicted octanol–water partition coefficient (Wildman–Crippen LogP) is 2.60. The van der Waals surface area contributed by atoms with Crippen molar-refractivity contribution < 1.29 is 13.9 Å². The number of benzene rings is 2. The second-order valence-electron chi connectivity index (χ2n) is 5.72. The maximum absolute atomic E-state index is 13.3. The largest absolute Gasteiger partial charge is 0.454 e. The van der Waals surface area contributed by atoms with Crippen LogP contribution >= 0.6 is 0 Å². The number of ether oxygens (including phenoxy) is 2. The van der Waals surface area contributed by atoms with Crippen LogP contribution < -0.4 is 14.8 Å². The van der Waals surface area contributed by atoms with Crippen LogP contribution in [0.15, 0.2) is 48.5 Å². The molecule has 2 aliphatic heterocycles. The molecule has 0 bridgehead atoms. The second-order valence-corrected chi connectivity index (χ2v) is 5.72. The quantitative estimate of drug-likeness (QED) is 0.775. The van der Waals surface area contributed by atoms with Gasteiger partial charge in [-0.1, -0.05) is 17.2 Å². The van der Waals surface area contributed by atoms with E-state index in [0.29, 0.717) is 11.7 Å². The van der Waals surface area contributed by atoms with E-state index in [2.05, 4.69) is 20.8 Å². The first kappa shape index (κ1) is 14.0. The van der Waals surface area contributed by atoms with E-state index >= 15 is 0 Å². The minimum atomic E-state index is -0.283. The molecule has 1 atom stereocenters. The first-order chi connectivity index (χ1) is 12.3. The van der Waals surface area contributed by atoms with Gasteiger partial charge in [0.05, 0.1) is 0 Å². The SMILES string of the molecule is Fc1ccc(C2C=C(c3ccc4c(c3)OCO4)Nc3nnnn32)cc1. The number of rotatable bonds is 2. The third-order valence-electron chi connectivity index (χ3n) is 4.22. The van der Waals surface area contributed by atoms with Gasteiger partial charge in [-0.3, -0.25) is 0 Å². The van der Waals surface area contributed by atoms with Crippen LogP contribution in [0.4, 0.5) is 10.3 Å². The molecule has 0 saturated carbocycles. The van der Waals surface area contributed by atoms with Crippen LogP contribution in [0, 0.1) is 5.82 Å². The summed E-state index contributed by atoms with van der Waals surface area (Å²) >= 11 is 0. The zero-order chi connectivity index (χ0) is 16.8. The van der Waals surface area contributed by atoms with Crippen molar-refractivity contribution >= 4 is 11.6 Å². The zero-order valence-corrected chi connectivity index (χ0v) is 12.9. The Morgan fingerprint density at radius 2 is 1.92 bits per heavy atom. The molecule has 8 heteroatoms. The van der Waals surface area contributed by atoms with E-state index in [0.717, 1.165) is 22.6 Å². The summed E-state index contributed by atoms with van der Waals surface area (Å²) in [6.07, 6.45) is 1.99. The fraction of sp³-hybridized carbons (Fsp3) is 0.118. The van der Waals surface area contributed by atoms with E-state index in [1.54, 1.807) is 16.8 Å². The van der Waals surface area contributed by atoms with Crippen LogP contribution in [0.2, 0.25) is 0 Å². The van der Waals surface area contributed by atoms with Crippen LogP contribution in [0.5, 0.6) is 11.5 Å². The molecule has 1 unspecified atom stereocenters. The highest BCUT2D eigenvalue weighted by atomic mass is 19.1. The summed E-state index contributed by atoms with van der Waals surface area (Å²) < 4.78 is 25.7. The van der Waals surface area contributed by atoms with Crippen molar-refractivity contribution in [2.24, 2.45) is 0 Å². The number of hydrogen-bond donors (Lipinski definition) is 1. The monoisotopic (exact) mass is 337 g/mol. The van der Waals surface area contributed by atoms with Crippen molar-refractivity contribution in [3.8, 4) is 11.5 Å². The van der Waals surface area contributed by atoms with Crippen LogP contribution in [-0.2, 0) is 0 Å². The number of tetrazole rings is 1. The lowest BCUT2D eigenvalue weighted by Gasteiger charge is -2.23. The van der Waals surface area contributed by atoms with Crippen LogP contribution in [0.3, 0.4) is 0 Å². The Bertz CT molecular complexity index is 983. The standard InChI is InChI=1S/C17H12FN5O2/c18-12-4-1-10(2-5-12)14-8-13(19-17-20-21-22-23(14)17)11-3-6-15-16(7-11)25-9-24-15/h1-8,14H,9H2,(H,19,20,22). The molecule has 0 radical (unpaired) electrons. The molecule has 2 aromatic carbocycles. The average Bonchev–Trinajstić information content (AvgIpc) is 3.29. The van der Waals surface area contributed by atoms with Crippen molar-refractivity contribution in [3.05, 3.63) is 65.5 Å². The number of hydrogen-bond acceptors (Lipinski definition) is 6. The number of anilines is 1. The molecule has 124 valence electrons. The topological polar surface area (TPSA) is 74.1 Å². The summed E-state index contributed by atoms with van der Waals surface area (Å²) in [6, 6.07) is 11.8. The van der Waals surface area contributed by atoms with Crippen molar-refractivity contribution in [1.29, 1.82) is 0 Å². The van der Waals surface area contributed by atoms with E-state index in [1.807, 2.05) is 24.3 Å². The molecule has 1 aromatic heterocycles. The average molecular weight is 337 g/mol. The van der Waals surface area contributed by atoms with Gasteiger partial charge in [0.25, 0.3) is 0 Å². The lowest BCUT2D eigenvalue weighted by atomic mass is 10.0. The molecule has 3 aromatic rings. The minimum Gasteiger partial charge on any atom is -0.454 e. The third kappa shape index (κ3) is 2.30. The van der Waals surface area contributed by atoms with Crippen molar-refractivity contribution in [1.82, 2.24) is 20.2 Å². The third-order valence-corrected chi connectivity index (χ3v) is 4.22. The molecule has 0 fully saturated rings. The summed E-state index contributed by atoms with van der Waals surface area (Å²) in [5.41, 5.74) is 2.65. The molecule has 25 heavy (non-hydrogen) atoms. The van der Waals surface area contributed by atoms with Crippen molar-refractivity contribution in [3.63, 3.8) is 0 Å². The molecule has 0 aliphatic carbocycles. The predicted molar refractivity (Wildman–Crippen MR) is 86.5 cm³/mol. The molecule has 0 amide bonds. The smallest absolute Gasteiger partial charge is 0.248 e. The van der Waals surface area contributed by atoms with Crippen LogP contribution in [0.1, 0.15) is 17.2 Å². The Morgan fingerprint density at radius 1 is 1.08 bits per heavy atom. The highest BCUT2D eigenvalue weighted by Crippen LogP contribution is 2.37. The molecular weight excluding hydrogens is 325 g/mol. The number of nitrogens with zero attached hydrogens (tertiary/aromatic N) is 4. The van der Waals surface area contributed by atoms with Gasteiger partial charge in [-0.05, 0) is 52.4 Å². The van der Waals surface area contributed by atoms with Gasteiger partial charge in [0.1, 0.15) is 11.9 Å². The summed E-state index contributed by atoms with van der Waals surface area (Å²) in [6.45, 7) is 0.224. The molecule has 5 rings (SSSR count). The Balaban J connectivity index is 1.59. The van der Waals surface area contributed by atoms with Gasteiger partial charge in [-0.15, -0.1) is 0 Å². The number of aromatic nitrogens is 4. The normalized spacial score (nSPS) is 17.6. The molecule has 2 aliphatic rings. The van der Waals surface area contributed by atoms with E-state index in [1.165, 1.54) is 12.1 Å². The molecule has 0 spiro atoms. The highest BCUT2D eigenvalue weighted by molar-refractivity contribution is 5.78. The molecule has 0 saturated heterocycles. The second kappa shape index (κ2) is 5.30. The highest BCUT2D eigenvalue weighted by Gasteiger charge is 2.25. The fourth-order valence-corrected chi connectivity index (χ4v) is 2.98. The Kier molecular flexibility index (Phi) is 2.96. The van der Waals surface area contributed by atoms with Gasteiger partial charge in [0.15, 0.2) is 11.5 Å². The number of allylic oxidation sites excluding steroid dienone is 1. The first-order valence-electron chi connectivity index (χ1n) is 7.70. The van der Waals surface area contributed by atoms with Gasteiger partial charge in [0, 0.05) is 11.3 Å². The summed E-state index contributed by atoms with van der Waals surface area (Å²) in [5.74, 6) is 1.66. The molecule has 1 N–H and O–H groups in total. The molecule has 3 heterocycles. The lowest BCUT2D eigenvalue weighted by Crippen LogP contribution is -2.20. The van der Waals surface area contributed by atoms with E-state index in [9.17, 15) is 4.39 Å². The first-order valence-corrected chi connectivity index (χ1v) is 7.70. The van der Waals surface area contributed by atoms with Gasteiger partial charge in [-0.25, -0.2) is 4.39 Å². The zero-order valence-electron chi connectivity index (χ0n) is 12.9. The maximum Gasteiger partial charge on any atom is 0.248 e. The fourth-order valence-electron chi connectivity index (χ4n) is 2.98. The molecule has 7 nitrogen and oxygen atoms in total. The van der Waals surface area contributed by atoms with Crippen LogP contribution in [-0.4, -0.2) is 27.0 Å². The Hall–Kier alpha value is -3.42. The minimum absolute atomic E-state index is 0.224. The summed E-state index contributed by atoms with van der Waals surface area (Å²) in [4.78, 5) is 0. The van der Waals surface area contributed by atoms with E-state index in [4.69, 9.17) is 9.47 Å². The molecular formula is C17H12FN5O2. The summed E-state index contributed by atoms with van der Waals surface area (Å²) in [7, 11) is 0. The maximum atomic E-state index is 13.3. The summed E-state index contributed by atoms with van der Waals surface area (Å²) in [5, 5.41) is 15.0. The van der Waals surface area contributed by atoms with E-state index < -0.39 is 0 Å². The number of fused-ring (bicyclic) bond motifs is 2. The lowest BCUT2D eigenvalue weighted by molar-refractivity contribution is 0.174. The Labute approximate surface area is 141 Å². The Morgan fingerprint density at radius 3 is 2.80 bits per heavy atom. The number of nitrogens with one attached hydrogen (secondary N) is 1. The van der Waals surface area contributed by atoms with Gasteiger partial charge in [0.2, 0.25) is 12.7 Å². The van der Waals surface area contributed by atoms with E-state index in [-0.39, 0.29) is 18.7 Å². The van der Waals surface area contributed by atoms with Crippen molar-refractivity contribution in [2.75, 3.05) is 12.1 Å².